The summed E-state index contributed by atoms with van der Waals surface area (Å²) in [6, 6.07) is 19.7. The zero-order valence-corrected chi connectivity index (χ0v) is 24.5. The van der Waals surface area contributed by atoms with Crippen molar-refractivity contribution in [3.8, 4) is 0 Å². The summed E-state index contributed by atoms with van der Waals surface area (Å²) in [6.45, 7) is 10.4. The largest absolute Gasteiger partial charge is 0.467 e. The number of anilines is 2. The van der Waals surface area contributed by atoms with Crippen molar-refractivity contribution >= 4 is 34.1 Å². The molecule has 7 nitrogen and oxygen atoms in total. The minimum Gasteiger partial charge on any atom is -0.467 e. The summed E-state index contributed by atoms with van der Waals surface area (Å²) in [5.41, 5.74) is 4.15. The van der Waals surface area contributed by atoms with E-state index in [1.807, 2.05) is 55.4 Å². The Morgan fingerprint density at radius 1 is 1.02 bits per heavy atom. The van der Waals surface area contributed by atoms with Crippen LogP contribution < -0.4 is 10.2 Å². The summed E-state index contributed by atoms with van der Waals surface area (Å²) in [7, 11) is 3.95. The number of para-hydroxylation sites is 1. The van der Waals surface area contributed by atoms with Crippen LogP contribution in [0.5, 0.6) is 0 Å². The number of hydrogen-bond acceptors (Lipinski definition) is 4. The van der Waals surface area contributed by atoms with Crippen LogP contribution in [0.25, 0.3) is 10.9 Å². The molecule has 1 fully saturated rings. The van der Waals surface area contributed by atoms with Crippen LogP contribution in [0.2, 0.25) is 0 Å². The van der Waals surface area contributed by atoms with E-state index in [4.69, 9.17) is 4.42 Å². The van der Waals surface area contributed by atoms with Crippen LogP contribution in [0.4, 0.5) is 11.4 Å². The maximum Gasteiger partial charge on any atom is 0.249 e. The SMILES string of the molecule is Cc1[nH]c2ccccc2c1C1C(CC(=O)N(Cc2ccco2)C(C)(C)C(=O)Nc2ccc(N(C)C)cc2)C1(C)C. The summed E-state index contributed by atoms with van der Waals surface area (Å²) >= 11 is 0. The number of hydrogen-bond donors (Lipinski definition) is 2. The summed E-state index contributed by atoms with van der Waals surface area (Å²) in [5.74, 6) is 0.755. The molecular formula is C33H40N4O3. The second-order valence-electron chi connectivity index (χ2n) is 12.3. The molecule has 2 aromatic heterocycles. The molecule has 0 radical (unpaired) electrons. The third-order valence-corrected chi connectivity index (χ3v) is 8.77. The van der Waals surface area contributed by atoms with E-state index < -0.39 is 5.54 Å². The topological polar surface area (TPSA) is 81.6 Å². The normalized spacial score (nSPS) is 18.0. The van der Waals surface area contributed by atoms with Crippen LogP contribution >= 0.6 is 0 Å². The molecule has 2 N–H and O–H groups in total. The Hall–Kier alpha value is -4.00. The molecule has 2 amide bonds. The molecule has 1 aliphatic rings. The molecule has 2 aromatic carbocycles. The number of benzene rings is 2. The summed E-state index contributed by atoms with van der Waals surface area (Å²) < 4.78 is 5.61. The van der Waals surface area contributed by atoms with Crippen LogP contribution in [-0.4, -0.2) is 41.3 Å². The fourth-order valence-corrected chi connectivity index (χ4v) is 6.10. The fourth-order valence-electron chi connectivity index (χ4n) is 6.10. The lowest BCUT2D eigenvalue weighted by molar-refractivity contribution is -0.145. The van der Waals surface area contributed by atoms with Gasteiger partial charge < -0.3 is 24.5 Å². The van der Waals surface area contributed by atoms with Gasteiger partial charge in [-0.1, -0.05) is 32.0 Å². The number of aryl methyl sites for hydroxylation is 1. The number of aromatic amines is 1. The Balaban J connectivity index is 1.38. The Morgan fingerprint density at radius 2 is 1.73 bits per heavy atom. The van der Waals surface area contributed by atoms with E-state index in [9.17, 15) is 9.59 Å². The van der Waals surface area contributed by atoms with E-state index in [1.165, 1.54) is 10.9 Å². The maximum atomic E-state index is 14.1. The second-order valence-corrected chi connectivity index (χ2v) is 12.3. The number of nitrogens with zero attached hydrogens (tertiary/aromatic N) is 2. The van der Waals surface area contributed by atoms with E-state index in [1.54, 1.807) is 31.1 Å². The van der Waals surface area contributed by atoms with Gasteiger partial charge in [-0.05, 0) is 86.1 Å². The first kappa shape index (κ1) is 27.6. The predicted molar refractivity (Wildman–Crippen MR) is 160 cm³/mol. The van der Waals surface area contributed by atoms with Crippen molar-refractivity contribution in [2.45, 2.75) is 59.0 Å². The molecule has 2 atom stereocenters. The predicted octanol–water partition coefficient (Wildman–Crippen LogP) is 6.71. The molecule has 0 saturated heterocycles. The molecule has 1 saturated carbocycles. The number of fused-ring (bicyclic) bond motifs is 1. The molecule has 0 aliphatic heterocycles. The summed E-state index contributed by atoms with van der Waals surface area (Å²) in [4.78, 5) is 34.9. The molecule has 2 unspecified atom stereocenters. The van der Waals surface area contributed by atoms with Gasteiger partial charge in [0.05, 0.1) is 12.8 Å². The smallest absolute Gasteiger partial charge is 0.249 e. The molecule has 5 rings (SSSR count). The number of aromatic nitrogens is 1. The van der Waals surface area contributed by atoms with Gasteiger partial charge in [-0.2, -0.15) is 0 Å². The van der Waals surface area contributed by atoms with Crippen molar-refractivity contribution in [1.29, 1.82) is 0 Å². The highest BCUT2D eigenvalue weighted by Gasteiger charge is 2.60. The highest BCUT2D eigenvalue weighted by Crippen LogP contribution is 2.67. The van der Waals surface area contributed by atoms with E-state index in [0.717, 1.165) is 16.9 Å². The van der Waals surface area contributed by atoms with Crippen molar-refractivity contribution in [2.24, 2.45) is 11.3 Å². The van der Waals surface area contributed by atoms with Crippen molar-refractivity contribution < 1.29 is 14.0 Å². The van der Waals surface area contributed by atoms with Gasteiger partial charge in [-0.25, -0.2) is 0 Å². The van der Waals surface area contributed by atoms with Crippen molar-refractivity contribution in [3.63, 3.8) is 0 Å². The van der Waals surface area contributed by atoms with E-state index in [0.29, 0.717) is 17.9 Å². The summed E-state index contributed by atoms with van der Waals surface area (Å²) in [5, 5.41) is 4.24. The van der Waals surface area contributed by atoms with Gasteiger partial charge >= 0.3 is 0 Å². The van der Waals surface area contributed by atoms with Crippen LogP contribution in [0.1, 0.15) is 57.1 Å². The third-order valence-electron chi connectivity index (χ3n) is 8.77. The van der Waals surface area contributed by atoms with Crippen LogP contribution in [0.3, 0.4) is 0 Å². The monoisotopic (exact) mass is 540 g/mol. The van der Waals surface area contributed by atoms with Gasteiger partial charge in [0.15, 0.2) is 0 Å². The van der Waals surface area contributed by atoms with Crippen LogP contribution in [0.15, 0.2) is 71.3 Å². The van der Waals surface area contributed by atoms with E-state index in [-0.39, 0.29) is 35.6 Å². The van der Waals surface area contributed by atoms with E-state index >= 15 is 0 Å². The number of H-pyrrole nitrogens is 1. The van der Waals surface area contributed by atoms with Gasteiger partial charge in [-0.15, -0.1) is 0 Å². The molecule has 0 spiro atoms. The number of carbonyl (C=O) groups is 2. The Kier molecular flexibility index (Phi) is 7.02. The average molecular weight is 541 g/mol. The van der Waals surface area contributed by atoms with Gasteiger partial charge in [0.1, 0.15) is 11.3 Å². The van der Waals surface area contributed by atoms with E-state index in [2.05, 4.69) is 49.3 Å². The number of carbonyl (C=O) groups excluding carboxylic acids is 2. The first-order valence-electron chi connectivity index (χ1n) is 13.9. The Morgan fingerprint density at radius 3 is 2.38 bits per heavy atom. The fraction of sp³-hybridized carbons (Fsp3) is 0.394. The van der Waals surface area contributed by atoms with Crippen LogP contribution in [-0.2, 0) is 16.1 Å². The molecule has 0 bridgehead atoms. The highest BCUT2D eigenvalue weighted by molar-refractivity contribution is 6.00. The van der Waals surface area contributed by atoms with Gasteiger partial charge in [0.2, 0.25) is 11.8 Å². The number of rotatable bonds is 9. The zero-order valence-electron chi connectivity index (χ0n) is 24.5. The molecule has 40 heavy (non-hydrogen) atoms. The lowest BCUT2D eigenvalue weighted by Gasteiger charge is -2.37. The first-order valence-corrected chi connectivity index (χ1v) is 13.9. The molecule has 2 heterocycles. The standard InChI is InChI=1S/C33H40N4O3/c1-21-29(25-12-8-9-13-27(25)34-21)30-26(32(30,2)3)19-28(38)37(20-24-11-10-18-40-24)33(4,5)31(39)35-22-14-16-23(17-15-22)36(6)7/h8-18,26,30,34H,19-20H2,1-7H3,(H,35,39). The minimum absolute atomic E-state index is 0.0394. The second kappa shape index (κ2) is 10.2. The minimum atomic E-state index is -1.12. The zero-order chi connectivity index (χ0) is 28.8. The number of furan rings is 1. The Labute approximate surface area is 236 Å². The number of amides is 2. The summed E-state index contributed by atoms with van der Waals surface area (Å²) in [6.07, 6.45) is 1.95. The quantitative estimate of drug-likeness (QED) is 0.247. The highest BCUT2D eigenvalue weighted by atomic mass is 16.3. The van der Waals surface area contributed by atoms with Crippen molar-refractivity contribution in [3.05, 3.63) is 83.9 Å². The van der Waals surface area contributed by atoms with Gasteiger partial charge in [0.25, 0.3) is 0 Å². The maximum absolute atomic E-state index is 14.1. The lowest BCUT2D eigenvalue weighted by atomic mass is 9.98. The van der Waals surface area contributed by atoms with Gasteiger partial charge in [-0.3, -0.25) is 9.59 Å². The Bertz CT molecular complexity index is 1510. The van der Waals surface area contributed by atoms with Crippen LogP contribution in [0, 0.1) is 18.3 Å². The molecule has 210 valence electrons. The van der Waals surface area contributed by atoms with Gasteiger partial charge in [0, 0.05) is 48.5 Å². The number of nitrogens with one attached hydrogen (secondary N) is 2. The average Bonchev–Trinajstić information content (AvgIpc) is 3.28. The molecule has 4 aromatic rings. The third kappa shape index (κ3) is 5.01. The molecular weight excluding hydrogens is 500 g/mol. The lowest BCUT2D eigenvalue weighted by Crippen LogP contribution is -2.54. The van der Waals surface area contributed by atoms with Crippen molar-refractivity contribution in [2.75, 3.05) is 24.3 Å². The molecule has 1 aliphatic carbocycles. The first-order chi connectivity index (χ1) is 18.9. The van der Waals surface area contributed by atoms with Crippen molar-refractivity contribution in [1.82, 2.24) is 9.88 Å². The molecule has 7 heteroatoms.